The average Bonchev–Trinajstić information content (AvgIpc) is 3.12. The molecule has 1 aliphatic heterocycles. The number of carbonyl (C=O) groups excluding carboxylic acids is 2. The van der Waals surface area contributed by atoms with Crippen molar-refractivity contribution in [3.8, 4) is 11.1 Å². The number of piperazine rings is 1. The number of likely N-dealkylation sites (N-methyl/N-ethyl adjacent to an activating group) is 1. The summed E-state index contributed by atoms with van der Waals surface area (Å²) in [5.74, 6) is -0.548. The summed E-state index contributed by atoms with van der Waals surface area (Å²) in [4.78, 5) is 29.4. The van der Waals surface area contributed by atoms with Gasteiger partial charge in [0.1, 0.15) is 10.6 Å². The Kier molecular flexibility index (Phi) is 6.60. The third-order valence-corrected chi connectivity index (χ3v) is 5.69. The fourth-order valence-electron chi connectivity index (χ4n) is 3.22. The standard InChI is InChI=1S/C20H25N3O3S/c1-3-22-9-11-23(12-10-22)13-17(24)21-19-18(20(25)26-2)16(14-27-19)15-7-5-4-6-8-15/h4-8,14H,3,9-13H2,1-2H3,(H,21,24). The molecule has 1 N–H and O–H groups in total. The molecule has 0 spiro atoms. The zero-order chi connectivity index (χ0) is 19.2. The molecular weight excluding hydrogens is 362 g/mol. The largest absolute Gasteiger partial charge is 0.465 e. The summed E-state index contributed by atoms with van der Waals surface area (Å²) in [6.45, 7) is 7.24. The number of hydrogen-bond donors (Lipinski definition) is 1. The fourth-order valence-corrected chi connectivity index (χ4v) is 4.19. The molecule has 3 rings (SSSR count). The van der Waals surface area contributed by atoms with E-state index in [1.165, 1.54) is 18.4 Å². The number of methoxy groups -OCH3 is 1. The summed E-state index contributed by atoms with van der Waals surface area (Å²) < 4.78 is 4.95. The number of amides is 1. The minimum absolute atomic E-state index is 0.105. The Morgan fingerprint density at radius 1 is 1.11 bits per heavy atom. The number of nitrogens with one attached hydrogen (secondary N) is 1. The molecule has 7 heteroatoms. The van der Waals surface area contributed by atoms with Gasteiger partial charge < -0.3 is 15.0 Å². The lowest BCUT2D eigenvalue weighted by molar-refractivity contribution is -0.117. The van der Waals surface area contributed by atoms with E-state index in [9.17, 15) is 9.59 Å². The van der Waals surface area contributed by atoms with Crippen LogP contribution in [0.3, 0.4) is 0 Å². The third-order valence-electron chi connectivity index (χ3n) is 4.80. The highest BCUT2D eigenvalue weighted by Crippen LogP contribution is 2.36. The van der Waals surface area contributed by atoms with Crippen molar-refractivity contribution in [2.75, 3.05) is 51.7 Å². The van der Waals surface area contributed by atoms with Crippen molar-refractivity contribution in [3.05, 3.63) is 41.3 Å². The van der Waals surface area contributed by atoms with Gasteiger partial charge in [0.15, 0.2) is 0 Å². The zero-order valence-corrected chi connectivity index (χ0v) is 16.6. The van der Waals surface area contributed by atoms with Crippen LogP contribution < -0.4 is 5.32 Å². The number of carbonyl (C=O) groups is 2. The van der Waals surface area contributed by atoms with Crippen LogP contribution in [-0.2, 0) is 9.53 Å². The molecule has 6 nitrogen and oxygen atoms in total. The van der Waals surface area contributed by atoms with Gasteiger partial charge in [0.2, 0.25) is 5.91 Å². The topological polar surface area (TPSA) is 61.9 Å². The minimum Gasteiger partial charge on any atom is -0.465 e. The maximum atomic E-state index is 12.5. The lowest BCUT2D eigenvalue weighted by Gasteiger charge is -2.33. The monoisotopic (exact) mass is 387 g/mol. The number of thiophene rings is 1. The second kappa shape index (κ2) is 9.12. The number of anilines is 1. The van der Waals surface area contributed by atoms with Crippen molar-refractivity contribution in [3.63, 3.8) is 0 Å². The summed E-state index contributed by atoms with van der Waals surface area (Å²) in [6, 6.07) is 9.64. The molecule has 1 aromatic heterocycles. The molecule has 27 heavy (non-hydrogen) atoms. The maximum Gasteiger partial charge on any atom is 0.341 e. The molecule has 0 unspecified atom stereocenters. The smallest absolute Gasteiger partial charge is 0.341 e. The maximum absolute atomic E-state index is 12.5. The summed E-state index contributed by atoms with van der Waals surface area (Å²) in [6.07, 6.45) is 0. The van der Waals surface area contributed by atoms with E-state index in [1.54, 1.807) is 0 Å². The van der Waals surface area contributed by atoms with Crippen LogP contribution in [0.2, 0.25) is 0 Å². The third kappa shape index (κ3) is 4.74. The number of ether oxygens (including phenoxy) is 1. The molecule has 0 atom stereocenters. The molecule has 0 radical (unpaired) electrons. The Morgan fingerprint density at radius 2 is 1.78 bits per heavy atom. The van der Waals surface area contributed by atoms with Gasteiger partial charge in [-0.25, -0.2) is 4.79 Å². The fraction of sp³-hybridized carbons (Fsp3) is 0.400. The van der Waals surface area contributed by atoms with Crippen LogP contribution >= 0.6 is 11.3 Å². The van der Waals surface area contributed by atoms with Gasteiger partial charge in [0.05, 0.1) is 13.7 Å². The molecular formula is C20H25N3O3S. The van der Waals surface area contributed by atoms with E-state index in [4.69, 9.17) is 4.74 Å². The molecule has 0 bridgehead atoms. The first-order valence-corrected chi connectivity index (χ1v) is 10.00. The molecule has 2 aromatic rings. The summed E-state index contributed by atoms with van der Waals surface area (Å²) >= 11 is 1.35. The molecule has 0 aliphatic carbocycles. The zero-order valence-electron chi connectivity index (χ0n) is 15.7. The van der Waals surface area contributed by atoms with Gasteiger partial charge in [0, 0.05) is 37.1 Å². The van der Waals surface area contributed by atoms with Crippen LogP contribution in [0.15, 0.2) is 35.7 Å². The SMILES string of the molecule is CCN1CCN(CC(=O)Nc2scc(-c3ccccc3)c2C(=O)OC)CC1. The van der Waals surface area contributed by atoms with E-state index in [0.717, 1.165) is 43.9 Å². The van der Waals surface area contributed by atoms with Crippen LogP contribution in [0.5, 0.6) is 0 Å². The molecule has 2 heterocycles. The van der Waals surface area contributed by atoms with Crippen LogP contribution in [-0.4, -0.2) is 68.1 Å². The van der Waals surface area contributed by atoms with E-state index < -0.39 is 5.97 Å². The van der Waals surface area contributed by atoms with Gasteiger partial charge in [-0.15, -0.1) is 11.3 Å². The first kappa shape index (κ1) is 19.5. The van der Waals surface area contributed by atoms with Crippen LogP contribution in [0.1, 0.15) is 17.3 Å². The number of rotatable bonds is 6. The van der Waals surface area contributed by atoms with Crippen molar-refractivity contribution in [2.45, 2.75) is 6.92 Å². The van der Waals surface area contributed by atoms with Gasteiger partial charge in [-0.1, -0.05) is 37.3 Å². The van der Waals surface area contributed by atoms with Crippen molar-refractivity contribution >= 4 is 28.2 Å². The van der Waals surface area contributed by atoms with Crippen LogP contribution in [0, 0.1) is 0 Å². The van der Waals surface area contributed by atoms with Gasteiger partial charge >= 0.3 is 5.97 Å². The predicted molar refractivity (Wildman–Crippen MR) is 108 cm³/mol. The number of esters is 1. The van der Waals surface area contributed by atoms with Gasteiger partial charge in [0.25, 0.3) is 0 Å². The Bertz CT molecular complexity index is 783. The highest BCUT2D eigenvalue weighted by atomic mass is 32.1. The molecule has 0 saturated carbocycles. The lowest BCUT2D eigenvalue weighted by Crippen LogP contribution is -2.48. The number of nitrogens with zero attached hydrogens (tertiary/aromatic N) is 2. The predicted octanol–water partition coefficient (Wildman–Crippen LogP) is 2.78. The second-order valence-electron chi connectivity index (χ2n) is 6.47. The van der Waals surface area contributed by atoms with Gasteiger partial charge in [-0.3, -0.25) is 9.69 Å². The van der Waals surface area contributed by atoms with E-state index >= 15 is 0 Å². The number of benzene rings is 1. The molecule has 1 aromatic carbocycles. The highest BCUT2D eigenvalue weighted by molar-refractivity contribution is 7.15. The minimum atomic E-state index is -0.443. The van der Waals surface area contributed by atoms with Gasteiger partial charge in [-0.2, -0.15) is 0 Å². The summed E-state index contributed by atoms with van der Waals surface area (Å²) in [7, 11) is 1.35. The Balaban J connectivity index is 1.72. The first-order chi connectivity index (χ1) is 13.1. The van der Waals surface area contributed by atoms with Crippen molar-refractivity contribution in [1.82, 2.24) is 9.80 Å². The molecule has 144 valence electrons. The van der Waals surface area contributed by atoms with Crippen LogP contribution in [0.25, 0.3) is 11.1 Å². The summed E-state index contributed by atoms with van der Waals surface area (Å²) in [5, 5.41) is 5.34. The van der Waals surface area contributed by atoms with Crippen LogP contribution in [0.4, 0.5) is 5.00 Å². The van der Waals surface area contributed by atoms with E-state index in [2.05, 4.69) is 22.0 Å². The Morgan fingerprint density at radius 3 is 2.41 bits per heavy atom. The van der Waals surface area contributed by atoms with E-state index in [0.29, 0.717) is 17.1 Å². The second-order valence-corrected chi connectivity index (χ2v) is 7.35. The molecule has 1 aliphatic rings. The quantitative estimate of drug-likeness (QED) is 0.773. The van der Waals surface area contributed by atoms with E-state index in [-0.39, 0.29) is 5.91 Å². The lowest BCUT2D eigenvalue weighted by atomic mass is 10.0. The van der Waals surface area contributed by atoms with Crippen molar-refractivity contribution in [1.29, 1.82) is 0 Å². The molecule has 1 saturated heterocycles. The Hall–Kier alpha value is -2.22. The average molecular weight is 388 g/mol. The number of hydrogen-bond acceptors (Lipinski definition) is 6. The molecule has 1 fully saturated rings. The van der Waals surface area contributed by atoms with Gasteiger partial charge in [-0.05, 0) is 12.1 Å². The van der Waals surface area contributed by atoms with Crippen molar-refractivity contribution < 1.29 is 14.3 Å². The van der Waals surface area contributed by atoms with E-state index in [1.807, 2.05) is 35.7 Å². The highest BCUT2D eigenvalue weighted by Gasteiger charge is 2.23. The Labute approximate surface area is 163 Å². The first-order valence-electron chi connectivity index (χ1n) is 9.12. The summed E-state index contributed by atoms with van der Waals surface area (Å²) in [5.41, 5.74) is 2.11. The van der Waals surface area contributed by atoms with Crippen molar-refractivity contribution in [2.24, 2.45) is 0 Å². The normalized spacial score (nSPS) is 15.5. The molecule has 1 amide bonds.